The number of aryl methyl sites for hydroxylation is 2. The van der Waals surface area contributed by atoms with Crippen molar-refractivity contribution in [1.82, 2.24) is 5.43 Å². The second kappa shape index (κ2) is 8.30. The van der Waals surface area contributed by atoms with Gasteiger partial charge in [-0.2, -0.15) is 5.10 Å². The van der Waals surface area contributed by atoms with E-state index in [4.69, 9.17) is 4.74 Å². The maximum atomic E-state index is 12.0. The van der Waals surface area contributed by atoms with Crippen molar-refractivity contribution >= 4 is 27.5 Å². The van der Waals surface area contributed by atoms with E-state index in [-0.39, 0.29) is 12.5 Å². The largest absolute Gasteiger partial charge is 0.483 e. The minimum absolute atomic E-state index is 0.0670. The molecule has 0 saturated carbocycles. The number of hydrogen-bond donors (Lipinski definition) is 1. The van der Waals surface area contributed by atoms with Gasteiger partial charge in [-0.1, -0.05) is 37.3 Å². The molecule has 3 rings (SSSR count). The Morgan fingerprint density at radius 3 is 2.88 bits per heavy atom. The first-order valence-corrected chi connectivity index (χ1v) is 9.31. The Hall–Kier alpha value is -2.14. The van der Waals surface area contributed by atoms with Gasteiger partial charge in [0.15, 0.2) is 6.61 Å². The van der Waals surface area contributed by atoms with Crippen LogP contribution in [0.1, 0.15) is 36.5 Å². The SMILES string of the molecule is CCc1ccc(OCC(=O)N/N=C2/CCCc3ccccc32)c(Br)c1. The summed E-state index contributed by atoms with van der Waals surface area (Å²) in [5.41, 5.74) is 7.18. The summed E-state index contributed by atoms with van der Waals surface area (Å²) in [6, 6.07) is 14.1. The number of carbonyl (C=O) groups is 1. The molecule has 2 aromatic rings. The van der Waals surface area contributed by atoms with E-state index in [9.17, 15) is 4.79 Å². The van der Waals surface area contributed by atoms with Gasteiger partial charge >= 0.3 is 0 Å². The summed E-state index contributed by atoms with van der Waals surface area (Å²) < 4.78 is 6.43. The van der Waals surface area contributed by atoms with E-state index in [0.717, 1.165) is 41.4 Å². The van der Waals surface area contributed by atoms with Gasteiger partial charge in [-0.15, -0.1) is 0 Å². The van der Waals surface area contributed by atoms with Crippen molar-refractivity contribution in [3.05, 3.63) is 63.6 Å². The number of fused-ring (bicyclic) bond motifs is 1. The van der Waals surface area contributed by atoms with Crippen molar-refractivity contribution in [2.24, 2.45) is 5.10 Å². The number of nitrogens with one attached hydrogen (secondary N) is 1. The Balaban J connectivity index is 1.59. The molecule has 0 aliphatic heterocycles. The highest BCUT2D eigenvalue weighted by Crippen LogP contribution is 2.26. The zero-order chi connectivity index (χ0) is 17.6. The first-order chi connectivity index (χ1) is 12.2. The number of carbonyl (C=O) groups excluding carboxylic acids is 1. The van der Waals surface area contributed by atoms with Crippen LogP contribution in [0.2, 0.25) is 0 Å². The summed E-state index contributed by atoms with van der Waals surface area (Å²) >= 11 is 3.47. The predicted octanol–water partition coefficient (Wildman–Crippen LogP) is 4.25. The highest BCUT2D eigenvalue weighted by molar-refractivity contribution is 9.10. The Morgan fingerprint density at radius 1 is 1.24 bits per heavy atom. The van der Waals surface area contributed by atoms with Gasteiger partial charge in [-0.25, -0.2) is 5.43 Å². The van der Waals surface area contributed by atoms with Gasteiger partial charge in [0, 0.05) is 5.56 Å². The first-order valence-electron chi connectivity index (χ1n) is 8.52. The molecule has 0 aromatic heterocycles. The highest BCUT2D eigenvalue weighted by atomic mass is 79.9. The Labute approximate surface area is 156 Å². The molecule has 1 aliphatic rings. The molecule has 25 heavy (non-hydrogen) atoms. The average molecular weight is 401 g/mol. The zero-order valence-electron chi connectivity index (χ0n) is 14.2. The lowest BCUT2D eigenvalue weighted by Crippen LogP contribution is -2.27. The summed E-state index contributed by atoms with van der Waals surface area (Å²) in [5, 5.41) is 4.31. The minimum atomic E-state index is -0.262. The standard InChI is InChI=1S/C20H21BrN2O2/c1-2-14-10-11-19(17(21)12-14)25-13-20(24)23-22-18-9-5-7-15-6-3-4-8-16(15)18/h3-4,6,8,10-12H,2,5,7,9,13H2,1H3,(H,23,24)/b22-18-. The summed E-state index contributed by atoms with van der Waals surface area (Å²) in [6.45, 7) is 2.03. The minimum Gasteiger partial charge on any atom is -0.483 e. The molecule has 4 nitrogen and oxygen atoms in total. The van der Waals surface area contributed by atoms with Crippen molar-refractivity contribution in [1.29, 1.82) is 0 Å². The van der Waals surface area contributed by atoms with Crippen molar-refractivity contribution in [2.75, 3.05) is 6.61 Å². The van der Waals surface area contributed by atoms with Crippen LogP contribution in [-0.2, 0) is 17.6 Å². The van der Waals surface area contributed by atoms with Crippen molar-refractivity contribution in [3.63, 3.8) is 0 Å². The fourth-order valence-electron chi connectivity index (χ4n) is 2.90. The molecular weight excluding hydrogens is 380 g/mol. The van der Waals surface area contributed by atoms with Crippen LogP contribution < -0.4 is 10.2 Å². The average Bonchev–Trinajstić information content (AvgIpc) is 2.65. The van der Waals surface area contributed by atoms with E-state index >= 15 is 0 Å². The Kier molecular flexibility index (Phi) is 5.87. The fourth-order valence-corrected chi connectivity index (χ4v) is 3.44. The normalized spacial score (nSPS) is 14.9. The summed E-state index contributed by atoms with van der Waals surface area (Å²) in [7, 11) is 0. The molecule has 1 N–H and O–H groups in total. The van der Waals surface area contributed by atoms with E-state index < -0.39 is 0 Å². The van der Waals surface area contributed by atoms with Crippen LogP contribution in [0, 0.1) is 0 Å². The van der Waals surface area contributed by atoms with E-state index in [2.05, 4.69) is 45.5 Å². The molecule has 0 radical (unpaired) electrons. The van der Waals surface area contributed by atoms with Crippen molar-refractivity contribution in [3.8, 4) is 5.75 Å². The van der Waals surface area contributed by atoms with Gasteiger partial charge in [0.25, 0.3) is 5.91 Å². The quantitative estimate of drug-likeness (QED) is 0.762. The summed E-state index contributed by atoms with van der Waals surface area (Å²) in [6.07, 6.45) is 3.95. The molecule has 0 atom stereocenters. The molecule has 2 aromatic carbocycles. The number of rotatable bonds is 5. The molecule has 0 heterocycles. The number of hydrogen-bond acceptors (Lipinski definition) is 3. The van der Waals surface area contributed by atoms with Crippen LogP contribution >= 0.6 is 15.9 Å². The number of nitrogens with zero attached hydrogens (tertiary/aromatic N) is 1. The van der Waals surface area contributed by atoms with Gasteiger partial charge in [0.1, 0.15) is 5.75 Å². The van der Waals surface area contributed by atoms with Gasteiger partial charge in [-0.05, 0) is 64.9 Å². The van der Waals surface area contributed by atoms with Gasteiger partial charge in [0.05, 0.1) is 10.2 Å². The van der Waals surface area contributed by atoms with Crippen LogP contribution in [-0.4, -0.2) is 18.2 Å². The smallest absolute Gasteiger partial charge is 0.277 e. The first kappa shape index (κ1) is 17.7. The molecule has 5 heteroatoms. The molecule has 0 bridgehead atoms. The van der Waals surface area contributed by atoms with Crippen LogP contribution in [0.15, 0.2) is 52.0 Å². The lowest BCUT2D eigenvalue weighted by Gasteiger charge is -2.17. The van der Waals surface area contributed by atoms with Crippen LogP contribution in [0.4, 0.5) is 0 Å². The molecular formula is C20H21BrN2O2. The van der Waals surface area contributed by atoms with Gasteiger partial charge in [0.2, 0.25) is 0 Å². The van der Waals surface area contributed by atoms with E-state index in [1.54, 1.807) is 0 Å². The van der Waals surface area contributed by atoms with Crippen LogP contribution in [0.5, 0.6) is 5.75 Å². The topological polar surface area (TPSA) is 50.7 Å². The van der Waals surface area contributed by atoms with E-state index in [1.165, 1.54) is 11.1 Å². The number of benzene rings is 2. The molecule has 130 valence electrons. The lowest BCUT2D eigenvalue weighted by molar-refractivity contribution is -0.123. The van der Waals surface area contributed by atoms with Gasteiger partial charge in [-0.3, -0.25) is 4.79 Å². The van der Waals surface area contributed by atoms with E-state index in [0.29, 0.717) is 5.75 Å². The predicted molar refractivity (Wildman–Crippen MR) is 103 cm³/mol. The molecule has 1 amide bonds. The fraction of sp³-hybridized carbons (Fsp3) is 0.300. The molecule has 0 saturated heterocycles. The van der Waals surface area contributed by atoms with Crippen molar-refractivity contribution < 1.29 is 9.53 Å². The number of halogens is 1. The third-order valence-electron chi connectivity index (χ3n) is 4.27. The lowest BCUT2D eigenvalue weighted by atomic mass is 9.90. The second-order valence-corrected chi connectivity index (χ2v) is 6.87. The van der Waals surface area contributed by atoms with Crippen molar-refractivity contribution in [2.45, 2.75) is 32.6 Å². The summed E-state index contributed by atoms with van der Waals surface area (Å²) in [5.74, 6) is 0.394. The molecule has 0 fully saturated rings. The number of amides is 1. The maximum Gasteiger partial charge on any atom is 0.277 e. The van der Waals surface area contributed by atoms with Crippen LogP contribution in [0.25, 0.3) is 0 Å². The third-order valence-corrected chi connectivity index (χ3v) is 4.89. The number of hydrazone groups is 1. The molecule has 0 spiro atoms. The zero-order valence-corrected chi connectivity index (χ0v) is 15.8. The van der Waals surface area contributed by atoms with Gasteiger partial charge < -0.3 is 4.74 Å². The Bertz CT molecular complexity index is 802. The molecule has 0 unspecified atom stereocenters. The van der Waals surface area contributed by atoms with E-state index in [1.807, 2.05) is 30.3 Å². The summed E-state index contributed by atoms with van der Waals surface area (Å²) in [4.78, 5) is 12.0. The Morgan fingerprint density at radius 2 is 2.08 bits per heavy atom. The van der Waals surface area contributed by atoms with Crippen LogP contribution in [0.3, 0.4) is 0 Å². The highest BCUT2D eigenvalue weighted by Gasteiger charge is 2.15. The number of ether oxygens (including phenoxy) is 1. The third kappa shape index (κ3) is 4.48. The monoisotopic (exact) mass is 400 g/mol. The second-order valence-electron chi connectivity index (χ2n) is 6.01. The maximum absolute atomic E-state index is 12.0. The molecule has 1 aliphatic carbocycles.